The van der Waals surface area contributed by atoms with E-state index in [0.29, 0.717) is 43.1 Å². The van der Waals surface area contributed by atoms with Crippen LogP contribution in [0.15, 0.2) is 48.7 Å². The van der Waals surface area contributed by atoms with Crippen molar-refractivity contribution in [2.75, 3.05) is 30.2 Å². The standard InChI is InChI=1S/C28H36N4O4S.CH2O2/c1-3-32-18-21-11-12-37(35,36)31(2)24-14-22(15-25(32)27(21)24)28(34)30-23(13-19-7-5-4-6-8-19)26(33)17-29-16-20-9-10-20;2-1-3/h4-8,14-15,18,20,23,26,29,33H,3,9-13,16-17H2,1-2H3,(H,30,34);1H,(H,2,3)/t23-,26+;/m0./s1. The summed E-state index contributed by atoms with van der Waals surface area (Å²) < 4.78 is 29.1. The number of carbonyl (C=O) groups excluding carboxylic acids is 1. The monoisotopic (exact) mass is 570 g/mol. The number of anilines is 1. The summed E-state index contributed by atoms with van der Waals surface area (Å²) in [5, 5.41) is 25.2. The topological polar surface area (TPSA) is 141 Å². The molecule has 1 saturated carbocycles. The first-order valence-electron chi connectivity index (χ1n) is 13.6. The summed E-state index contributed by atoms with van der Waals surface area (Å²) in [6.07, 6.45) is 4.60. The second-order valence-electron chi connectivity index (χ2n) is 10.4. The van der Waals surface area contributed by atoms with Gasteiger partial charge in [-0.15, -0.1) is 0 Å². The lowest BCUT2D eigenvalue weighted by molar-refractivity contribution is -0.122. The lowest BCUT2D eigenvalue weighted by Crippen LogP contribution is -2.49. The van der Waals surface area contributed by atoms with Crippen LogP contribution in [0.1, 0.15) is 41.3 Å². The third-order valence-corrected chi connectivity index (χ3v) is 9.34. The van der Waals surface area contributed by atoms with Gasteiger partial charge in [0.25, 0.3) is 12.4 Å². The number of carbonyl (C=O) groups is 2. The molecule has 2 aromatic carbocycles. The minimum absolute atomic E-state index is 0.0295. The van der Waals surface area contributed by atoms with Crippen molar-refractivity contribution in [1.82, 2.24) is 15.2 Å². The number of aryl methyl sites for hydroxylation is 2. The molecule has 0 radical (unpaired) electrons. The van der Waals surface area contributed by atoms with Gasteiger partial charge < -0.3 is 25.4 Å². The molecule has 1 amide bonds. The highest BCUT2D eigenvalue weighted by Gasteiger charge is 2.30. The molecule has 1 aliphatic heterocycles. The van der Waals surface area contributed by atoms with Crippen molar-refractivity contribution >= 4 is 39.0 Å². The first-order valence-corrected chi connectivity index (χ1v) is 15.2. The second-order valence-corrected chi connectivity index (χ2v) is 12.5. The Morgan fingerprint density at radius 1 is 1.20 bits per heavy atom. The number of aliphatic hydroxyl groups is 1. The highest BCUT2D eigenvalue weighted by molar-refractivity contribution is 7.92. The lowest BCUT2D eigenvalue weighted by atomic mass is 10.00. The molecule has 11 heteroatoms. The molecule has 1 fully saturated rings. The van der Waals surface area contributed by atoms with E-state index in [0.717, 1.165) is 28.6 Å². The first-order chi connectivity index (χ1) is 19.2. The van der Waals surface area contributed by atoms with Crippen molar-refractivity contribution in [1.29, 1.82) is 0 Å². The van der Waals surface area contributed by atoms with Crippen LogP contribution in [0.3, 0.4) is 0 Å². The Morgan fingerprint density at radius 2 is 1.90 bits per heavy atom. The molecule has 3 aromatic rings. The number of hydrogen-bond acceptors (Lipinski definition) is 6. The molecule has 2 atom stereocenters. The van der Waals surface area contributed by atoms with Crippen LogP contribution in [-0.4, -0.2) is 73.6 Å². The largest absolute Gasteiger partial charge is 0.483 e. The predicted molar refractivity (Wildman–Crippen MR) is 155 cm³/mol. The van der Waals surface area contributed by atoms with E-state index in [2.05, 4.69) is 15.2 Å². The maximum Gasteiger partial charge on any atom is 0.290 e. The number of carboxylic acid groups (broad SMARTS) is 1. The zero-order valence-corrected chi connectivity index (χ0v) is 23.7. The van der Waals surface area contributed by atoms with Crippen LogP contribution in [-0.2, 0) is 34.2 Å². The van der Waals surface area contributed by atoms with Crippen molar-refractivity contribution < 1.29 is 28.2 Å². The minimum Gasteiger partial charge on any atom is -0.483 e. The summed E-state index contributed by atoms with van der Waals surface area (Å²) in [6, 6.07) is 12.8. The van der Waals surface area contributed by atoms with Gasteiger partial charge in [-0.25, -0.2) is 8.42 Å². The van der Waals surface area contributed by atoms with E-state index in [1.165, 1.54) is 17.1 Å². The number of rotatable bonds is 10. The molecular weight excluding hydrogens is 532 g/mol. The van der Waals surface area contributed by atoms with Crippen molar-refractivity contribution in [2.24, 2.45) is 5.92 Å². The molecule has 1 aromatic heterocycles. The molecule has 10 nitrogen and oxygen atoms in total. The fraction of sp³-hybridized carbons (Fsp3) is 0.448. The van der Waals surface area contributed by atoms with Gasteiger partial charge in [-0.2, -0.15) is 0 Å². The van der Waals surface area contributed by atoms with Crippen molar-refractivity contribution in [3.8, 4) is 0 Å². The van der Waals surface area contributed by atoms with Crippen LogP contribution < -0.4 is 14.9 Å². The van der Waals surface area contributed by atoms with E-state index >= 15 is 0 Å². The average molecular weight is 571 g/mol. The molecular formula is C29H38N4O6S. The molecule has 2 aliphatic rings. The van der Waals surface area contributed by atoms with E-state index in [1.807, 2.05) is 49.5 Å². The number of nitrogens with zero attached hydrogens (tertiary/aromatic N) is 2. The van der Waals surface area contributed by atoms with Crippen molar-refractivity contribution in [3.63, 3.8) is 0 Å². The Bertz CT molecular complexity index is 1440. The SMILES string of the molecule is CCn1cc2c3c(cc(C(=O)N[C@@H](Cc4ccccc4)[C@H](O)CNCC4CC4)cc31)N(C)S(=O)(=O)CC2.O=CO. The van der Waals surface area contributed by atoms with Crippen molar-refractivity contribution in [3.05, 3.63) is 65.4 Å². The fourth-order valence-corrected chi connectivity index (χ4v) is 6.34. The van der Waals surface area contributed by atoms with Crippen molar-refractivity contribution in [2.45, 2.75) is 51.3 Å². The molecule has 0 unspecified atom stereocenters. The van der Waals surface area contributed by atoms with E-state index < -0.39 is 22.2 Å². The van der Waals surface area contributed by atoms with Crippen LogP contribution >= 0.6 is 0 Å². The highest BCUT2D eigenvalue weighted by Crippen LogP contribution is 2.37. The van der Waals surface area contributed by atoms with Gasteiger partial charge in [-0.05, 0) is 68.3 Å². The van der Waals surface area contributed by atoms with Gasteiger partial charge in [0.15, 0.2) is 0 Å². The molecule has 0 bridgehead atoms. The number of amides is 1. The maximum absolute atomic E-state index is 13.6. The zero-order valence-electron chi connectivity index (χ0n) is 22.9. The smallest absolute Gasteiger partial charge is 0.290 e. The minimum atomic E-state index is -3.49. The summed E-state index contributed by atoms with van der Waals surface area (Å²) in [7, 11) is -1.94. The molecule has 216 valence electrons. The summed E-state index contributed by atoms with van der Waals surface area (Å²) >= 11 is 0. The van der Waals surface area contributed by atoms with E-state index in [9.17, 15) is 18.3 Å². The fourth-order valence-electron chi connectivity index (χ4n) is 5.15. The van der Waals surface area contributed by atoms with E-state index in [4.69, 9.17) is 9.90 Å². The molecule has 5 rings (SSSR count). The Balaban J connectivity index is 0.00000118. The van der Waals surface area contributed by atoms with Gasteiger partial charge in [-0.1, -0.05) is 30.3 Å². The van der Waals surface area contributed by atoms with Gasteiger partial charge in [0.2, 0.25) is 10.0 Å². The summed E-state index contributed by atoms with van der Waals surface area (Å²) in [5.74, 6) is 0.387. The normalized spacial score (nSPS) is 17.3. The van der Waals surface area contributed by atoms with Gasteiger partial charge in [0, 0.05) is 37.3 Å². The zero-order chi connectivity index (χ0) is 28.9. The van der Waals surface area contributed by atoms with E-state index in [-0.39, 0.29) is 18.1 Å². The van der Waals surface area contributed by atoms with Crippen LogP contribution in [0.2, 0.25) is 0 Å². The Labute approximate surface area is 235 Å². The molecule has 2 heterocycles. The summed E-state index contributed by atoms with van der Waals surface area (Å²) in [4.78, 5) is 22.0. The van der Waals surface area contributed by atoms with Gasteiger partial charge >= 0.3 is 0 Å². The molecule has 40 heavy (non-hydrogen) atoms. The van der Waals surface area contributed by atoms with Crippen LogP contribution in [0.25, 0.3) is 10.9 Å². The quantitative estimate of drug-likeness (QED) is 0.274. The third kappa shape index (κ3) is 6.83. The maximum atomic E-state index is 13.6. The van der Waals surface area contributed by atoms with E-state index in [1.54, 1.807) is 13.1 Å². The Kier molecular flexibility index (Phi) is 9.49. The van der Waals surface area contributed by atoms with Gasteiger partial charge in [0.05, 0.1) is 29.1 Å². The molecule has 0 spiro atoms. The predicted octanol–water partition coefficient (Wildman–Crippen LogP) is 2.39. The van der Waals surface area contributed by atoms with Crippen LogP contribution in [0.4, 0.5) is 5.69 Å². The molecule has 0 saturated heterocycles. The third-order valence-electron chi connectivity index (χ3n) is 7.59. The number of nitrogens with one attached hydrogen (secondary N) is 2. The van der Waals surface area contributed by atoms with Crippen LogP contribution in [0.5, 0.6) is 0 Å². The molecule has 4 N–H and O–H groups in total. The summed E-state index contributed by atoms with van der Waals surface area (Å²) in [6.45, 7) is 3.75. The lowest BCUT2D eigenvalue weighted by Gasteiger charge is -2.25. The summed E-state index contributed by atoms with van der Waals surface area (Å²) in [5.41, 5.74) is 3.74. The second kappa shape index (κ2) is 12.8. The number of sulfonamides is 1. The number of aliphatic hydroxyl groups excluding tert-OH is 1. The number of aromatic nitrogens is 1. The average Bonchev–Trinajstić information content (AvgIpc) is 3.71. The van der Waals surface area contributed by atoms with Gasteiger partial charge in [0.1, 0.15) is 0 Å². The highest BCUT2D eigenvalue weighted by atomic mass is 32.2. The van der Waals surface area contributed by atoms with Gasteiger partial charge in [-0.3, -0.25) is 13.9 Å². The number of benzene rings is 2. The number of hydrogen-bond donors (Lipinski definition) is 4. The Morgan fingerprint density at radius 3 is 2.55 bits per heavy atom. The first kappa shape index (κ1) is 29.6. The Hall–Kier alpha value is -3.41. The molecule has 1 aliphatic carbocycles. The van der Waals surface area contributed by atoms with Crippen LogP contribution in [0, 0.1) is 5.92 Å².